The van der Waals surface area contributed by atoms with Gasteiger partial charge in [0.1, 0.15) is 69.9 Å². The minimum atomic E-state index is -4.42. The van der Waals surface area contributed by atoms with E-state index in [9.17, 15) is 43.7 Å². The van der Waals surface area contributed by atoms with Crippen LogP contribution in [-0.2, 0) is 63.6 Å². The maximum absolute atomic E-state index is 13.5. The lowest BCUT2D eigenvalue weighted by Gasteiger charge is -2.47. The van der Waals surface area contributed by atoms with Crippen LogP contribution in [0.5, 0.6) is 0 Å². The Morgan fingerprint density at radius 1 is 0.386 bits per heavy atom. The molecule has 0 aliphatic rings. The summed E-state index contributed by atoms with van der Waals surface area (Å²) in [6.45, 7) is 31.8. The molecular weight excluding hydrogens is 1130 g/mol. The second kappa shape index (κ2) is 49.2. The summed E-state index contributed by atoms with van der Waals surface area (Å²) >= 11 is 0. The van der Waals surface area contributed by atoms with E-state index in [4.69, 9.17) is 28.4 Å². The van der Waals surface area contributed by atoms with Gasteiger partial charge in [0.25, 0.3) is 0 Å². The standard InChI is InChI=1S/C61H119N3O16S3/c1-9-14-16-18-20-22-24-26-28-30-37-62(34-11-3,55-58(6)78-46-43-75-49-52-81(66,67)68)39-41-64(36-13-5,57-60(8)80-48-45-77-51-54-83(72,73)74)42-40-63(35-12-4,56-59(7)79-47-44-76-50-53-82(69,70)71)38-31-33-61(65)32-29-27-25-23-21-19-17-15-10-2/h11-13,58-60H,3-5,9-10,14-57H2,1-2,6-8H3. The summed E-state index contributed by atoms with van der Waals surface area (Å²) in [5.41, 5.74) is 0. The molecule has 492 valence electrons. The Morgan fingerprint density at radius 3 is 0.952 bits per heavy atom. The first kappa shape index (κ1) is 81.3. The normalized spacial score (nSPS) is 15.7. The van der Waals surface area contributed by atoms with Crippen molar-refractivity contribution in [3.05, 3.63) is 38.0 Å². The monoisotopic (exact) mass is 1250 g/mol. The number of carbonyl (C=O) groups excluding carboxylic acids is 1. The van der Waals surface area contributed by atoms with Crippen molar-refractivity contribution in [2.24, 2.45) is 0 Å². The topological polar surface area (TPSA) is 244 Å². The van der Waals surface area contributed by atoms with Gasteiger partial charge in [-0.1, -0.05) is 136 Å². The summed E-state index contributed by atoms with van der Waals surface area (Å²) < 4.78 is 138. The lowest BCUT2D eigenvalue weighted by molar-refractivity contribution is -0.999. The molecule has 6 atom stereocenters. The van der Waals surface area contributed by atoms with Crippen molar-refractivity contribution < 1.29 is 85.6 Å². The Hall–Kier alpha value is -1.74. The minimum Gasteiger partial charge on any atom is -0.748 e. The fourth-order valence-corrected chi connectivity index (χ4v) is 12.1. The molecule has 0 aromatic rings. The molecule has 0 amide bonds. The summed E-state index contributed by atoms with van der Waals surface area (Å²) in [5, 5.41) is 0. The number of ether oxygens (including phenoxy) is 6. The highest BCUT2D eigenvalue weighted by atomic mass is 32.2. The summed E-state index contributed by atoms with van der Waals surface area (Å²) in [5.74, 6) is -1.57. The Balaban J connectivity index is 7.08. The average molecular weight is 1250 g/mol. The molecule has 19 nitrogen and oxygen atoms in total. The van der Waals surface area contributed by atoms with Crippen LogP contribution in [0.4, 0.5) is 0 Å². The van der Waals surface area contributed by atoms with E-state index in [-0.39, 0.29) is 83.6 Å². The molecule has 0 spiro atoms. The zero-order valence-corrected chi connectivity index (χ0v) is 55.2. The molecule has 0 aliphatic heterocycles. The molecule has 0 bridgehead atoms. The smallest absolute Gasteiger partial charge is 0.133 e. The second-order valence-electron chi connectivity index (χ2n) is 23.4. The van der Waals surface area contributed by atoms with Crippen LogP contribution in [0, 0.1) is 0 Å². The van der Waals surface area contributed by atoms with Crippen LogP contribution in [0.15, 0.2) is 38.0 Å². The number of rotatable bonds is 64. The van der Waals surface area contributed by atoms with Gasteiger partial charge in [-0.15, -0.1) is 0 Å². The van der Waals surface area contributed by atoms with E-state index in [1.165, 1.54) is 83.5 Å². The largest absolute Gasteiger partial charge is 0.748 e. The van der Waals surface area contributed by atoms with Gasteiger partial charge in [0.05, 0.1) is 140 Å². The fraction of sp³-hybridized carbons (Fsp3) is 0.885. The average Bonchev–Trinajstić information content (AvgIpc) is 3.59. The Bertz CT molecular complexity index is 1980. The van der Waals surface area contributed by atoms with E-state index in [0.29, 0.717) is 91.6 Å². The van der Waals surface area contributed by atoms with Crippen molar-refractivity contribution in [2.75, 3.05) is 155 Å². The second-order valence-corrected chi connectivity index (χ2v) is 28.0. The molecule has 0 saturated carbocycles. The van der Waals surface area contributed by atoms with E-state index in [1.807, 2.05) is 39.0 Å². The molecule has 0 rings (SSSR count). The molecule has 0 fully saturated rings. The lowest BCUT2D eigenvalue weighted by atomic mass is 10.0. The number of hydrogen-bond acceptors (Lipinski definition) is 16. The van der Waals surface area contributed by atoms with Crippen LogP contribution >= 0.6 is 0 Å². The summed E-state index contributed by atoms with van der Waals surface area (Å²) in [6, 6.07) is 0. The molecule has 83 heavy (non-hydrogen) atoms. The molecule has 0 aromatic heterocycles. The molecule has 0 radical (unpaired) electrons. The van der Waals surface area contributed by atoms with Crippen LogP contribution in [0.25, 0.3) is 0 Å². The van der Waals surface area contributed by atoms with Crippen LogP contribution < -0.4 is 0 Å². The van der Waals surface area contributed by atoms with Crippen molar-refractivity contribution in [2.45, 2.75) is 194 Å². The molecule has 0 heterocycles. The van der Waals surface area contributed by atoms with Gasteiger partial charge >= 0.3 is 0 Å². The quantitative estimate of drug-likeness (QED) is 0.0238. The minimum absolute atomic E-state index is 0.109. The zero-order chi connectivity index (χ0) is 62.2. The van der Waals surface area contributed by atoms with Crippen molar-refractivity contribution in [3.8, 4) is 0 Å². The van der Waals surface area contributed by atoms with E-state index < -0.39 is 47.6 Å². The molecule has 0 saturated heterocycles. The number of unbranched alkanes of at least 4 members (excludes halogenated alkanes) is 17. The fourth-order valence-electron chi connectivity index (χ4n) is 11.1. The highest BCUT2D eigenvalue weighted by Gasteiger charge is 2.39. The summed E-state index contributed by atoms with van der Waals surface area (Å²) in [7, 11) is -13.2. The van der Waals surface area contributed by atoms with Gasteiger partial charge in [0.2, 0.25) is 0 Å². The maximum atomic E-state index is 13.5. The van der Waals surface area contributed by atoms with E-state index >= 15 is 0 Å². The highest BCUT2D eigenvalue weighted by Crippen LogP contribution is 2.23. The third-order valence-electron chi connectivity index (χ3n) is 15.5. The summed E-state index contributed by atoms with van der Waals surface area (Å²) in [6.07, 6.45) is 29.5. The number of hydrogen-bond donors (Lipinski definition) is 0. The van der Waals surface area contributed by atoms with Gasteiger partial charge in [-0.25, -0.2) is 25.3 Å². The highest BCUT2D eigenvalue weighted by molar-refractivity contribution is 7.86. The van der Waals surface area contributed by atoms with E-state index in [1.54, 1.807) is 0 Å². The molecule has 0 aromatic carbocycles. The molecule has 22 heteroatoms. The number of nitrogens with zero attached hydrogens (tertiary/aromatic N) is 3. The van der Waals surface area contributed by atoms with Gasteiger partial charge < -0.3 is 55.5 Å². The van der Waals surface area contributed by atoms with Crippen molar-refractivity contribution in [3.63, 3.8) is 0 Å². The zero-order valence-electron chi connectivity index (χ0n) is 52.7. The Morgan fingerprint density at radius 2 is 0.651 bits per heavy atom. The van der Waals surface area contributed by atoms with Crippen molar-refractivity contribution in [1.82, 2.24) is 0 Å². The number of quaternary nitrogens is 3. The van der Waals surface area contributed by atoms with Crippen LogP contribution in [0.1, 0.15) is 176 Å². The van der Waals surface area contributed by atoms with E-state index in [0.717, 1.165) is 58.2 Å². The van der Waals surface area contributed by atoms with Crippen LogP contribution in [0.3, 0.4) is 0 Å². The molecule has 6 unspecified atom stereocenters. The first-order valence-electron chi connectivity index (χ1n) is 31.7. The number of Topliss-reactive ketones (excluding diaryl/α,β-unsaturated/α-hetero) is 1. The third-order valence-corrected chi connectivity index (χ3v) is 17.5. The van der Waals surface area contributed by atoms with Gasteiger partial charge in [-0.05, 0) is 58.3 Å². The van der Waals surface area contributed by atoms with E-state index in [2.05, 4.69) is 33.6 Å². The van der Waals surface area contributed by atoms with Gasteiger partial charge in [0.15, 0.2) is 0 Å². The molecular formula is C61H119N3O16S3. The Kier molecular flexibility index (Phi) is 48.1. The Labute approximate surface area is 506 Å². The van der Waals surface area contributed by atoms with Gasteiger partial charge in [-0.2, -0.15) is 0 Å². The van der Waals surface area contributed by atoms with Gasteiger partial charge in [0, 0.05) is 19.3 Å². The van der Waals surface area contributed by atoms with Crippen LogP contribution in [0.2, 0.25) is 0 Å². The maximum Gasteiger partial charge on any atom is 0.133 e. The number of carbonyl (C=O) groups is 1. The first-order valence-corrected chi connectivity index (χ1v) is 36.4. The number of ketones is 1. The van der Waals surface area contributed by atoms with Gasteiger partial charge in [-0.3, -0.25) is 4.79 Å². The lowest BCUT2D eigenvalue weighted by Crippen LogP contribution is -2.64. The molecule has 0 aliphatic carbocycles. The van der Waals surface area contributed by atoms with Crippen molar-refractivity contribution >= 4 is 36.1 Å². The predicted molar refractivity (Wildman–Crippen MR) is 330 cm³/mol. The SMILES string of the molecule is C=CC[N+](CCCCCCCCCCCC)(CC[N+](CC=C)(CC[N+](CC=C)(CCCC(=O)CCCCCCCCCCC)CC(C)OCCOCCS(=O)(=O)[O-])CC(C)OCCOCCS(=O)(=O)[O-])CC(C)OCCOCCS(=O)(=O)[O-]. The third kappa shape index (κ3) is 48.9. The van der Waals surface area contributed by atoms with Crippen molar-refractivity contribution in [1.29, 1.82) is 0 Å². The first-order chi connectivity index (χ1) is 39.4. The predicted octanol–water partition coefficient (Wildman–Crippen LogP) is 9.09. The van der Waals surface area contributed by atoms with Crippen LogP contribution in [-0.4, -0.2) is 232 Å². The molecule has 0 N–H and O–H groups in total. The summed E-state index contributed by atoms with van der Waals surface area (Å²) in [4.78, 5) is 13.5.